The highest BCUT2D eigenvalue weighted by Gasteiger charge is 2.25. The number of hydrogen-bond acceptors (Lipinski definition) is 7. The van der Waals surface area contributed by atoms with Gasteiger partial charge >= 0.3 is 0 Å². The number of nitrogens with zero attached hydrogens (tertiary/aromatic N) is 4. The van der Waals surface area contributed by atoms with E-state index in [4.69, 9.17) is 0 Å². The predicted octanol–water partition coefficient (Wildman–Crippen LogP) is 3.94. The van der Waals surface area contributed by atoms with Gasteiger partial charge in [-0.15, -0.1) is 0 Å². The Hall–Kier alpha value is -3.46. The van der Waals surface area contributed by atoms with Crippen molar-refractivity contribution in [2.45, 2.75) is 39.5 Å². The summed E-state index contributed by atoms with van der Waals surface area (Å²) < 4.78 is 0. The number of carbonyl (C=O) groups excluding carboxylic acids is 1. The third kappa shape index (κ3) is 6.07. The fourth-order valence-electron chi connectivity index (χ4n) is 3.56. The van der Waals surface area contributed by atoms with Crippen LogP contribution in [-0.2, 0) is 0 Å². The van der Waals surface area contributed by atoms with Gasteiger partial charge in [-0.25, -0.2) is 4.98 Å². The standard InChI is InChI=1S/C24H32N8O/c1-4-32(5-2)13-12-25-23(33)18-8-10-19(11-9-18)27-24-26-15-16(3)22(29-24)28-21-14-20(30-31-21)17-6-7-17/h8-11,14-15,17H,4-7,12-13H2,1-3H3,(H,25,33)(H3,26,27,28,29,30,31). The molecule has 2 heterocycles. The Bertz CT molecular complexity index is 1070. The molecule has 0 radical (unpaired) electrons. The highest BCUT2D eigenvalue weighted by Crippen LogP contribution is 2.39. The largest absolute Gasteiger partial charge is 0.351 e. The summed E-state index contributed by atoms with van der Waals surface area (Å²) >= 11 is 0. The molecule has 2 aromatic heterocycles. The number of H-pyrrole nitrogens is 1. The third-order valence-electron chi connectivity index (χ3n) is 5.84. The van der Waals surface area contributed by atoms with Crippen molar-refractivity contribution in [2.75, 3.05) is 36.8 Å². The van der Waals surface area contributed by atoms with Crippen molar-refractivity contribution >= 4 is 29.2 Å². The number of aromatic amines is 1. The molecule has 0 spiro atoms. The lowest BCUT2D eigenvalue weighted by Crippen LogP contribution is -2.34. The highest BCUT2D eigenvalue weighted by atomic mass is 16.1. The average molecular weight is 449 g/mol. The maximum absolute atomic E-state index is 12.4. The van der Waals surface area contributed by atoms with Gasteiger partial charge in [0.15, 0.2) is 5.82 Å². The molecule has 9 nitrogen and oxygen atoms in total. The van der Waals surface area contributed by atoms with E-state index >= 15 is 0 Å². The van der Waals surface area contributed by atoms with Crippen molar-refractivity contribution in [1.82, 2.24) is 30.4 Å². The molecule has 174 valence electrons. The molecule has 0 saturated heterocycles. The van der Waals surface area contributed by atoms with Gasteiger partial charge in [-0.2, -0.15) is 10.1 Å². The Morgan fingerprint density at radius 1 is 1.15 bits per heavy atom. The molecule has 1 aliphatic rings. The van der Waals surface area contributed by atoms with E-state index in [2.05, 4.69) is 54.9 Å². The van der Waals surface area contributed by atoms with Crippen LogP contribution in [0.5, 0.6) is 0 Å². The zero-order valence-corrected chi connectivity index (χ0v) is 19.5. The van der Waals surface area contributed by atoms with Crippen molar-refractivity contribution in [3.8, 4) is 0 Å². The highest BCUT2D eigenvalue weighted by molar-refractivity contribution is 5.94. The lowest BCUT2D eigenvalue weighted by molar-refractivity contribution is 0.0949. The van der Waals surface area contributed by atoms with E-state index < -0.39 is 0 Å². The van der Waals surface area contributed by atoms with Crippen molar-refractivity contribution in [3.63, 3.8) is 0 Å². The third-order valence-corrected chi connectivity index (χ3v) is 5.84. The molecule has 9 heteroatoms. The molecule has 1 amide bonds. The Balaban J connectivity index is 1.34. The van der Waals surface area contributed by atoms with Crippen LogP contribution in [0.25, 0.3) is 0 Å². The van der Waals surface area contributed by atoms with E-state index in [9.17, 15) is 4.79 Å². The van der Waals surface area contributed by atoms with E-state index in [-0.39, 0.29) is 5.91 Å². The SMILES string of the molecule is CCN(CC)CCNC(=O)c1ccc(Nc2ncc(C)c(Nc3cc(C4CC4)[nH]n3)n2)cc1. The monoisotopic (exact) mass is 448 g/mol. The van der Waals surface area contributed by atoms with Crippen LogP contribution in [0.3, 0.4) is 0 Å². The minimum atomic E-state index is -0.0728. The summed E-state index contributed by atoms with van der Waals surface area (Å²) in [5.41, 5.74) is 3.52. The molecule has 0 unspecified atom stereocenters. The van der Waals surface area contributed by atoms with Crippen LogP contribution in [0, 0.1) is 6.92 Å². The molecule has 3 aromatic rings. The maximum atomic E-state index is 12.4. The number of likely N-dealkylation sites (N-methyl/N-ethyl adjacent to an activating group) is 1. The fourth-order valence-corrected chi connectivity index (χ4v) is 3.56. The second kappa shape index (κ2) is 10.4. The lowest BCUT2D eigenvalue weighted by atomic mass is 10.2. The van der Waals surface area contributed by atoms with Crippen molar-refractivity contribution in [3.05, 3.63) is 53.3 Å². The molecular formula is C24H32N8O. The molecule has 0 atom stereocenters. The van der Waals surface area contributed by atoms with Gasteiger partial charge in [0.1, 0.15) is 5.82 Å². The van der Waals surface area contributed by atoms with Crippen LogP contribution in [0.1, 0.15) is 54.2 Å². The van der Waals surface area contributed by atoms with Crippen molar-refractivity contribution in [2.24, 2.45) is 0 Å². The van der Waals surface area contributed by atoms with Gasteiger partial charge in [0.05, 0.1) is 0 Å². The van der Waals surface area contributed by atoms with Crippen molar-refractivity contribution < 1.29 is 4.79 Å². The number of aromatic nitrogens is 4. The predicted molar refractivity (Wildman–Crippen MR) is 130 cm³/mol. The van der Waals surface area contributed by atoms with E-state index in [0.717, 1.165) is 36.7 Å². The number of rotatable bonds is 11. The molecule has 33 heavy (non-hydrogen) atoms. The van der Waals surface area contributed by atoms with E-state index in [0.29, 0.717) is 29.8 Å². The van der Waals surface area contributed by atoms with Gasteiger partial charge in [-0.05, 0) is 57.1 Å². The fraction of sp³-hybridized carbons (Fsp3) is 0.417. The minimum Gasteiger partial charge on any atom is -0.351 e. The van der Waals surface area contributed by atoms with Gasteiger partial charge < -0.3 is 20.9 Å². The van der Waals surface area contributed by atoms with Crippen LogP contribution < -0.4 is 16.0 Å². The summed E-state index contributed by atoms with van der Waals surface area (Å²) in [6.07, 6.45) is 4.21. The number of hydrogen-bond donors (Lipinski definition) is 4. The number of amides is 1. The molecule has 0 bridgehead atoms. The topological polar surface area (TPSA) is 111 Å². The summed E-state index contributed by atoms with van der Waals surface area (Å²) in [6, 6.07) is 9.34. The van der Waals surface area contributed by atoms with Crippen LogP contribution in [0.15, 0.2) is 36.5 Å². The van der Waals surface area contributed by atoms with Gasteiger partial charge in [0, 0.05) is 53.8 Å². The molecule has 1 aromatic carbocycles. The first-order chi connectivity index (χ1) is 16.1. The van der Waals surface area contributed by atoms with Gasteiger partial charge in [0.25, 0.3) is 5.91 Å². The maximum Gasteiger partial charge on any atom is 0.251 e. The molecule has 1 saturated carbocycles. The normalized spacial score (nSPS) is 13.2. The number of nitrogens with one attached hydrogen (secondary N) is 4. The van der Waals surface area contributed by atoms with Crippen molar-refractivity contribution in [1.29, 1.82) is 0 Å². The summed E-state index contributed by atoms with van der Waals surface area (Å²) in [7, 11) is 0. The second-order valence-electron chi connectivity index (χ2n) is 8.32. The molecule has 1 fully saturated rings. The molecule has 1 aliphatic carbocycles. The molecule has 0 aliphatic heterocycles. The van der Waals surface area contributed by atoms with Crippen LogP contribution in [-0.4, -0.2) is 57.2 Å². The van der Waals surface area contributed by atoms with Gasteiger partial charge in [-0.3, -0.25) is 9.89 Å². The Labute approximate surface area is 194 Å². The minimum absolute atomic E-state index is 0.0728. The molecule has 4 N–H and O–H groups in total. The number of aryl methyl sites for hydroxylation is 1. The second-order valence-corrected chi connectivity index (χ2v) is 8.32. The Morgan fingerprint density at radius 2 is 1.91 bits per heavy atom. The van der Waals surface area contributed by atoms with Gasteiger partial charge in [-0.1, -0.05) is 13.8 Å². The first-order valence-electron chi connectivity index (χ1n) is 11.6. The average Bonchev–Trinajstić information content (AvgIpc) is 3.58. The molecule has 4 rings (SSSR count). The zero-order chi connectivity index (χ0) is 23.2. The lowest BCUT2D eigenvalue weighted by Gasteiger charge is -2.18. The first-order valence-corrected chi connectivity index (χ1v) is 11.6. The number of carbonyl (C=O) groups is 1. The van der Waals surface area contributed by atoms with Crippen LogP contribution >= 0.6 is 0 Å². The Morgan fingerprint density at radius 3 is 2.61 bits per heavy atom. The Kier molecular flexibility index (Phi) is 7.19. The summed E-state index contributed by atoms with van der Waals surface area (Å²) in [4.78, 5) is 23.6. The summed E-state index contributed by atoms with van der Waals surface area (Å²) in [6.45, 7) is 9.63. The van der Waals surface area contributed by atoms with Crippen LogP contribution in [0.4, 0.5) is 23.3 Å². The van der Waals surface area contributed by atoms with Crippen LogP contribution in [0.2, 0.25) is 0 Å². The number of benzene rings is 1. The van der Waals surface area contributed by atoms with E-state index in [1.807, 2.05) is 25.1 Å². The quantitative estimate of drug-likeness (QED) is 0.352. The van der Waals surface area contributed by atoms with Gasteiger partial charge in [0.2, 0.25) is 5.95 Å². The van der Waals surface area contributed by atoms with E-state index in [1.54, 1.807) is 18.3 Å². The van der Waals surface area contributed by atoms with E-state index in [1.165, 1.54) is 18.5 Å². The zero-order valence-electron chi connectivity index (χ0n) is 19.5. The number of anilines is 4. The summed E-state index contributed by atoms with van der Waals surface area (Å²) in [5.74, 6) is 2.46. The first kappa shape index (κ1) is 22.7. The smallest absolute Gasteiger partial charge is 0.251 e. The summed E-state index contributed by atoms with van der Waals surface area (Å²) in [5, 5.41) is 16.9. The molecular weight excluding hydrogens is 416 g/mol.